The molecule has 1 aromatic rings. The Hall–Kier alpha value is -1.49. The Morgan fingerprint density at radius 3 is 2.71 bits per heavy atom. The summed E-state index contributed by atoms with van der Waals surface area (Å²) in [5.41, 5.74) is 2.77. The van der Waals surface area contributed by atoms with Crippen LogP contribution in [0.5, 0.6) is 0 Å². The summed E-state index contributed by atoms with van der Waals surface area (Å²) in [7, 11) is 0. The smallest absolute Gasteiger partial charge is 0.0675 e. The van der Waals surface area contributed by atoms with E-state index in [9.17, 15) is 0 Å². The molecule has 1 fully saturated rings. The SMILES string of the molecule is CCc1ccccc1N1CC(C#N)CC1(C)C. The van der Waals surface area contributed by atoms with Gasteiger partial charge in [0.15, 0.2) is 0 Å². The van der Waals surface area contributed by atoms with Crippen molar-refractivity contribution in [3.05, 3.63) is 29.8 Å². The highest BCUT2D eigenvalue weighted by molar-refractivity contribution is 5.57. The van der Waals surface area contributed by atoms with Crippen LogP contribution in [0.3, 0.4) is 0 Å². The van der Waals surface area contributed by atoms with Crippen molar-refractivity contribution in [3.63, 3.8) is 0 Å². The molecule has 1 saturated heterocycles. The Morgan fingerprint density at radius 2 is 2.12 bits per heavy atom. The van der Waals surface area contributed by atoms with Crippen LogP contribution in [0.25, 0.3) is 0 Å². The van der Waals surface area contributed by atoms with Crippen molar-refractivity contribution < 1.29 is 0 Å². The minimum absolute atomic E-state index is 0.0890. The maximum atomic E-state index is 9.11. The van der Waals surface area contributed by atoms with Crippen LogP contribution in [-0.4, -0.2) is 12.1 Å². The zero-order chi connectivity index (χ0) is 12.5. The molecule has 1 atom stereocenters. The number of anilines is 1. The van der Waals surface area contributed by atoms with E-state index < -0.39 is 0 Å². The second-order valence-electron chi connectivity index (χ2n) is 5.44. The van der Waals surface area contributed by atoms with E-state index in [1.807, 2.05) is 0 Å². The van der Waals surface area contributed by atoms with Gasteiger partial charge in [0.1, 0.15) is 0 Å². The van der Waals surface area contributed by atoms with E-state index in [4.69, 9.17) is 5.26 Å². The van der Waals surface area contributed by atoms with Crippen molar-refractivity contribution in [1.29, 1.82) is 5.26 Å². The van der Waals surface area contributed by atoms with Gasteiger partial charge in [-0.15, -0.1) is 0 Å². The molecule has 90 valence electrons. The molecule has 1 unspecified atom stereocenters. The van der Waals surface area contributed by atoms with Gasteiger partial charge in [-0.05, 0) is 38.3 Å². The third-order valence-electron chi connectivity index (χ3n) is 3.73. The Kier molecular flexibility index (Phi) is 3.11. The van der Waals surface area contributed by atoms with Gasteiger partial charge in [0.2, 0.25) is 0 Å². The van der Waals surface area contributed by atoms with E-state index in [0.29, 0.717) is 0 Å². The third-order valence-corrected chi connectivity index (χ3v) is 3.73. The highest BCUT2D eigenvalue weighted by Gasteiger charge is 2.38. The topological polar surface area (TPSA) is 27.0 Å². The zero-order valence-electron chi connectivity index (χ0n) is 10.9. The van der Waals surface area contributed by atoms with Crippen LogP contribution in [0.1, 0.15) is 32.8 Å². The zero-order valence-corrected chi connectivity index (χ0v) is 10.9. The fourth-order valence-corrected chi connectivity index (χ4v) is 2.83. The quantitative estimate of drug-likeness (QED) is 0.776. The lowest BCUT2D eigenvalue weighted by atomic mass is 9.96. The minimum Gasteiger partial charge on any atom is -0.365 e. The molecule has 2 nitrogen and oxygen atoms in total. The summed E-state index contributed by atoms with van der Waals surface area (Å²) >= 11 is 0. The molecule has 0 bridgehead atoms. The van der Waals surface area contributed by atoms with E-state index in [1.165, 1.54) is 11.3 Å². The second-order valence-corrected chi connectivity index (χ2v) is 5.44. The predicted octanol–water partition coefficient (Wildman–Crippen LogP) is 3.38. The fourth-order valence-electron chi connectivity index (χ4n) is 2.83. The second kappa shape index (κ2) is 4.41. The summed E-state index contributed by atoms with van der Waals surface area (Å²) < 4.78 is 0. The Labute approximate surface area is 104 Å². The molecule has 0 aromatic heterocycles. The first-order valence-corrected chi connectivity index (χ1v) is 6.33. The van der Waals surface area contributed by atoms with Crippen LogP contribution in [0, 0.1) is 17.2 Å². The minimum atomic E-state index is 0.0890. The monoisotopic (exact) mass is 228 g/mol. The lowest BCUT2D eigenvalue weighted by Crippen LogP contribution is -2.38. The lowest BCUT2D eigenvalue weighted by molar-refractivity contribution is 0.502. The molecular weight excluding hydrogens is 208 g/mol. The number of nitriles is 1. The van der Waals surface area contributed by atoms with Gasteiger partial charge < -0.3 is 4.90 Å². The summed E-state index contributed by atoms with van der Waals surface area (Å²) in [5.74, 6) is 0.162. The van der Waals surface area contributed by atoms with E-state index in [-0.39, 0.29) is 11.5 Å². The number of para-hydroxylation sites is 1. The number of rotatable bonds is 2. The van der Waals surface area contributed by atoms with Crippen LogP contribution >= 0.6 is 0 Å². The Balaban J connectivity index is 2.37. The van der Waals surface area contributed by atoms with Crippen LogP contribution in [-0.2, 0) is 6.42 Å². The first kappa shape index (κ1) is 12.0. The summed E-state index contributed by atoms with van der Waals surface area (Å²) in [6.07, 6.45) is 2.00. The molecule has 0 spiro atoms. The van der Waals surface area contributed by atoms with Crippen molar-refractivity contribution in [1.82, 2.24) is 0 Å². The summed E-state index contributed by atoms with van der Waals surface area (Å²) in [4.78, 5) is 2.40. The average Bonchev–Trinajstić information content (AvgIpc) is 2.64. The first-order chi connectivity index (χ1) is 8.08. The molecule has 2 rings (SSSR count). The van der Waals surface area contributed by atoms with Crippen LogP contribution in [0.2, 0.25) is 0 Å². The largest absolute Gasteiger partial charge is 0.365 e. The number of hydrogen-bond donors (Lipinski definition) is 0. The number of benzene rings is 1. The molecule has 1 heterocycles. The van der Waals surface area contributed by atoms with Gasteiger partial charge >= 0.3 is 0 Å². The van der Waals surface area contributed by atoms with Crippen molar-refractivity contribution >= 4 is 5.69 Å². The Morgan fingerprint density at radius 1 is 1.41 bits per heavy atom. The lowest BCUT2D eigenvalue weighted by Gasteiger charge is -2.34. The van der Waals surface area contributed by atoms with Crippen molar-refractivity contribution in [2.45, 2.75) is 39.2 Å². The third kappa shape index (κ3) is 2.15. The first-order valence-electron chi connectivity index (χ1n) is 6.33. The maximum absolute atomic E-state index is 9.11. The summed E-state index contributed by atoms with van der Waals surface area (Å²) in [6.45, 7) is 7.51. The van der Waals surface area contributed by atoms with E-state index in [1.54, 1.807) is 0 Å². The molecule has 1 aliphatic heterocycles. The standard InChI is InChI=1S/C15H20N2/c1-4-13-7-5-6-8-14(13)17-11-12(10-16)9-15(17,2)3/h5-8,12H,4,9,11H2,1-3H3. The van der Waals surface area contributed by atoms with Crippen LogP contribution in [0.4, 0.5) is 5.69 Å². The van der Waals surface area contributed by atoms with Crippen LogP contribution in [0.15, 0.2) is 24.3 Å². The number of nitrogens with zero attached hydrogens (tertiary/aromatic N) is 2. The maximum Gasteiger partial charge on any atom is 0.0675 e. The average molecular weight is 228 g/mol. The van der Waals surface area contributed by atoms with Gasteiger partial charge in [-0.1, -0.05) is 25.1 Å². The Bertz CT molecular complexity index is 442. The van der Waals surface area contributed by atoms with Gasteiger partial charge in [0.25, 0.3) is 0 Å². The van der Waals surface area contributed by atoms with E-state index >= 15 is 0 Å². The van der Waals surface area contributed by atoms with Gasteiger partial charge in [-0.2, -0.15) is 5.26 Å². The fraction of sp³-hybridized carbons (Fsp3) is 0.533. The molecule has 0 aliphatic carbocycles. The molecule has 0 radical (unpaired) electrons. The predicted molar refractivity (Wildman–Crippen MR) is 71.0 cm³/mol. The van der Waals surface area contributed by atoms with Gasteiger partial charge in [0, 0.05) is 17.8 Å². The van der Waals surface area contributed by atoms with Gasteiger partial charge in [0.05, 0.1) is 12.0 Å². The number of aryl methyl sites for hydroxylation is 1. The van der Waals surface area contributed by atoms with E-state index in [2.05, 4.69) is 56.0 Å². The van der Waals surface area contributed by atoms with E-state index in [0.717, 1.165) is 19.4 Å². The van der Waals surface area contributed by atoms with Crippen LogP contribution < -0.4 is 4.90 Å². The van der Waals surface area contributed by atoms with Crippen molar-refractivity contribution in [2.75, 3.05) is 11.4 Å². The van der Waals surface area contributed by atoms with Gasteiger partial charge in [-0.25, -0.2) is 0 Å². The van der Waals surface area contributed by atoms with Crippen molar-refractivity contribution in [2.24, 2.45) is 5.92 Å². The molecule has 0 saturated carbocycles. The van der Waals surface area contributed by atoms with Gasteiger partial charge in [-0.3, -0.25) is 0 Å². The summed E-state index contributed by atoms with van der Waals surface area (Å²) in [5, 5.41) is 9.11. The number of hydrogen-bond acceptors (Lipinski definition) is 2. The molecule has 0 N–H and O–H groups in total. The molecule has 1 aliphatic rings. The molecule has 0 amide bonds. The normalized spacial score (nSPS) is 22.5. The summed E-state index contributed by atoms with van der Waals surface area (Å²) in [6, 6.07) is 11.0. The molecule has 2 heteroatoms. The van der Waals surface area contributed by atoms with Crippen molar-refractivity contribution in [3.8, 4) is 6.07 Å². The highest BCUT2D eigenvalue weighted by Crippen LogP contribution is 2.38. The molecule has 17 heavy (non-hydrogen) atoms. The highest BCUT2D eigenvalue weighted by atomic mass is 15.2. The molecule has 1 aromatic carbocycles. The molecular formula is C15H20N2.